The first-order chi connectivity index (χ1) is 8.24. The van der Waals surface area contributed by atoms with Crippen molar-refractivity contribution in [2.24, 2.45) is 5.92 Å². The second kappa shape index (κ2) is 4.18. The molecule has 92 valence electrons. The quantitative estimate of drug-likeness (QED) is 0.809. The zero-order chi connectivity index (χ0) is 11.8. The molecule has 2 fully saturated rings. The van der Waals surface area contributed by atoms with E-state index in [4.69, 9.17) is 9.15 Å². The van der Waals surface area contributed by atoms with E-state index in [1.165, 1.54) is 6.42 Å². The summed E-state index contributed by atoms with van der Waals surface area (Å²) in [6, 6.07) is 3.88. The van der Waals surface area contributed by atoms with Crippen LogP contribution < -0.4 is 5.32 Å². The van der Waals surface area contributed by atoms with Crippen molar-refractivity contribution in [1.29, 1.82) is 0 Å². The van der Waals surface area contributed by atoms with Crippen molar-refractivity contribution < 1.29 is 13.9 Å². The van der Waals surface area contributed by atoms with Crippen molar-refractivity contribution in [3.63, 3.8) is 0 Å². The highest BCUT2D eigenvalue weighted by Crippen LogP contribution is 2.47. The fourth-order valence-electron chi connectivity index (χ4n) is 2.31. The monoisotopic (exact) mass is 235 g/mol. The van der Waals surface area contributed by atoms with Gasteiger partial charge in [0.15, 0.2) is 0 Å². The molecular weight excluding hydrogens is 218 g/mol. The van der Waals surface area contributed by atoms with E-state index in [9.17, 15) is 4.79 Å². The summed E-state index contributed by atoms with van der Waals surface area (Å²) in [5, 5.41) is 3.16. The molecule has 3 atom stereocenters. The maximum Gasteiger partial charge on any atom is 0.323 e. The van der Waals surface area contributed by atoms with Gasteiger partial charge in [0.1, 0.15) is 17.6 Å². The Morgan fingerprint density at radius 3 is 2.94 bits per heavy atom. The van der Waals surface area contributed by atoms with Gasteiger partial charge < -0.3 is 9.15 Å². The first-order valence-corrected chi connectivity index (χ1v) is 6.22. The summed E-state index contributed by atoms with van der Waals surface area (Å²) in [4.78, 5) is 11.2. The van der Waals surface area contributed by atoms with Crippen LogP contribution >= 0.6 is 0 Å². The van der Waals surface area contributed by atoms with Crippen LogP contribution in [0.25, 0.3) is 0 Å². The number of carbonyl (C=O) groups is 1. The van der Waals surface area contributed by atoms with Crippen molar-refractivity contribution in [3.8, 4) is 0 Å². The molecule has 1 N–H and O–H groups in total. The van der Waals surface area contributed by atoms with Crippen LogP contribution in [0.15, 0.2) is 16.5 Å². The Labute approximate surface area is 100 Å². The molecule has 3 unspecified atom stereocenters. The van der Waals surface area contributed by atoms with Crippen molar-refractivity contribution in [2.75, 3.05) is 6.61 Å². The average Bonchev–Trinajstić information content (AvgIpc) is 2.76. The highest BCUT2D eigenvalue weighted by Gasteiger charge is 2.36. The lowest BCUT2D eigenvalue weighted by Gasteiger charge is -2.06. The summed E-state index contributed by atoms with van der Waals surface area (Å²) < 4.78 is 10.6. The topological polar surface area (TPSA) is 51.5 Å². The van der Waals surface area contributed by atoms with Gasteiger partial charge in [-0.25, -0.2) is 0 Å². The molecule has 17 heavy (non-hydrogen) atoms. The Hall–Kier alpha value is -1.29. The molecule has 2 heterocycles. The first-order valence-electron chi connectivity index (χ1n) is 6.22. The summed E-state index contributed by atoms with van der Waals surface area (Å²) in [5.74, 6) is 3.21. The van der Waals surface area contributed by atoms with Crippen molar-refractivity contribution in [2.45, 2.75) is 38.3 Å². The van der Waals surface area contributed by atoms with Gasteiger partial charge in [-0.2, -0.15) is 0 Å². The van der Waals surface area contributed by atoms with Crippen LogP contribution in [-0.4, -0.2) is 18.6 Å². The minimum atomic E-state index is -0.164. The molecule has 1 aliphatic heterocycles. The summed E-state index contributed by atoms with van der Waals surface area (Å²) in [5.41, 5.74) is 0. The van der Waals surface area contributed by atoms with Gasteiger partial charge >= 0.3 is 5.97 Å². The highest BCUT2D eigenvalue weighted by atomic mass is 16.5. The SMILES string of the molecule is CC1CC1c1ccc(CNC2CCOC2=O)o1. The van der Waals surface area contributed by atoms with E-state index in [2.05, 4.69) is 18.3 Å². The summed E-state index contributed by atoms with van der Waals surface area (Å²) >= 11 is 0. The van der Waals surface area contributed by atoms with Crippen LogP contribution in [0.4, 0.5) is 0 Å². The number of hydrogen-bond donors (Lipinski definition) is 1. The second-order valence-electron chi connectivity index (χ2n) is 5.01. The van der Waals surface area contributed by atoms with E-state index < -0.39 is 0 Å². The van der Waals surface area contributed by atoms with Gasteiger partial charge in [0.2, 0.25) is 0 Å². The Balaban J connectivity index is 1.54. The summed E-state index contributed by atoms with van der Waals surface area (Å²) in [6.07, 6.45) is 1.99. The summed E-state index contributed by atoms with van der Waals surface area (Å²) in [7, 11) is 0. The van der Waals surface area contributed by atoms with Crippen molar-refractivity contribution in [1.82, 2.24) is 5.32 Å². The van der Waals surface area contributed by atoms with Crippen LogP contribution in [0, 0.1) is 5.92 Å². The van der Waals surface area contributed by atoms with E-state index >= 15 is 0 Å². The lowest BCUT2D eigenvalue weighted by atomic mass is 10.2. The third-order valence-electron chi connectivity index (χ3n) is 3.62. The second-order valence-corrected chi connectivity index (χ2v) is 5.01. The van der Waals surface area contributed by atoms with Crippen LogP contribution in [0.3, 0.4) is 0 Å². The molecule has 0 bridgehead atoms. The van der Waals surface area contributed by atoms with Crippen LogP contribution in [0.1, 0.15) is 37.2 Å². The fraction of sp³-hybridized carbons (Fsp3) is 0.615. The summed E-state index contributed by atoms with van der Waals surface area (Å²) in [6.45, 7) is 3.36. The van der Waals surface area contributed by atoms with E-state index in [1.54, 1.807) is 0 Å². The zero-order valence-corrected chi connectivity index (χ0v) is 9.94. The van der Waals surface area contributed by atoms with E-state index in [0.29, 0.717) is 19.1 Å². The molecule has 2 aliphatic rings. The molecular formula is C13H17NO3. The third-order valence-corrected chi connectivity index (χ3v) is 3.62. The van der Waals surface area contributed by atoms with Gasteiger partial charge in [-0.3, -0.25) is 10.1 Å². The van der Waals surface area contributed by atoms with Crippen LogP contribution in [0.5, 0.6) is 0 Å². The van der Waals surface area contributed by atoms with E-state index in [1.807, 2.05) is 6.07 Å². The van der Waals surface area contributed by atoms with Gasteiger partial charge in [0.05, 0.1) is 13.2 Å². The largest absolute Gasteiger partial charge is 0.464 e. The van der Waals surface area contributed by atoms with Crippen molar-refractivity contribution in [3.05, 3.63) is 23.7 Å². The molecule has 1 saturated carbocycles. The molecule has 3 rings (SSSR count). The molecule has 1 saturated heterocycles. The molecule has 1 aromatic heterocycles. The van der Waals surface area contributed by atoms with E-state index in [0.717, 1.165) is 23.9 Å². The number of cyclic esters (lactones) is 1. The predicted molar refractivity (Wildman–Crippen MR) is 61.4 cm³/mol. The smallest absolute Gasteiger partial charge is 0.323 e. The Bertz CT molecular complexity index is 426. The van der Waals surface area contributed by atoms with Crippen LogP contribution in [0.2, 0.25) is 0 Å². The predicted octanol–water partition coefficient (Wildman–Crippen LogP) is 1.81. The molecule has 0 amide bonds. The number of nitrogens with one attached hydrogen (secondary N) is 1. The molecule has 0 aromatic carbocycles. The highest BCUT2D eigenvalue weighted by molar-refractivity contribution is 5.77. The Morgan fingerprint density at radius 2 is 2.29 bits per heavy atom. The minimum Gasteiger partial charge on any atom is -0.464 e. The normalized spacial score (nSPS) is 31.6. The van der Waals surface area contributed by atoms with Gasteiger partial charge in [-0.05, 0) is 24.5 Å². The molecule has 1 aromatic rings. The van der Waals surface area contributed by atoms with E-state index in [-0.39, 0.29) is 12.0 Å². The third kappa shape index (κ3) is 2.22. The maximum atomic E-state index is 11.2. The zero-order valence-electron chi connectivity index (χ0n) is 9.94. The number of ether oxygens (including phenoxy) is 1. The average molecular weight is 235 g/mol. The number of hydrogen-bond acceptors (Lipinski definition) is 4. The number of esters is 1. The number of furan rings is 1. The van der Waals surface area contributed by atoms with Gasteiger partial charge in [0, 0.05) is 12.3 Å². The molecule has 0 spiro atoms. The Morgan fingerprint density at radius 1 is 1.47 bits per heavy atom. The van der Waals surface area contributed by atoms with Gasteiger partial charge in [-0.1, -0.05) is 6.92 Å². The number of rotatable bonds is 4. The molecule has 4 nitrogen and oxygen atoms in total. The molecule has 4 heteroatoms. The molecule has 1 aliphatic carbocycles. The number of carbonyl (C=O) groups excluding carboxylic acids is 1. The standard InChI is InChI=1S/C13H17NO3/c1-8-6-10(8)12-3-2-9(17-12)7-14-11-4-5-16-13(11)15/h2-3,8,10-11,14H,4-7H2,1H3. The fourth-order valence-corrected chi connectivity index (χ4v) is 2.31. The van der Waals surface area contributed by atoms with Crippen LogP contribution in [-0.2, 0) is 16.1 Å². The Kier molecular flexibility index (Phi) is 2.67. The maximum absolute atomic E-state index is 11.2. The van der Waals surface area contributed by atoms with Crippen molar-refractivity contribution >= 4 is 5.97 Å². The van der Waals surface area contributed by atoms with Gasteiger partial charge in [0.25, 0.3) is 0 Å². The first kappa shape index (κ1) is 10.8. The lowest BCUT2D eigenvalue weighted by Crippen LogP contribution is -2.32. The molecule has 0 radical (unpaired) electrons. The minimum absolute atomic E-state index is 0.146. The van der Waals surface area contributed by atoms with Gasteiger partial charge in [-0.15, -0.1) is 0 Å². The lowest BCUT2D eigenvalue weighted by molar-refractivity contribution is -0.139.